The molecular weight excluding hydrogens is 518 g/mol. The van der Waals surface area contributed by atoms with Crippen molar-refractivity contribution < 1.29 is 0 Å². The van der Waals surface area contributed by atoms with E-state index >= 15 is 0 Å². The van der Waals surface area contributed by atoms with Crippen LogP contribution in [-0.4, -0.2) is 4.57 Å². The maximum atomic E-state index is 2.45. The van der Waals surface area contributed by atoms with Crippen LogP contribution in [0.3, 0.4) is 0 Å². The molecule has 1 aromatic heterocycles. The number of rotatable bonds is 3. The summed E-state index contributed by atoms with van der Waals surface area (Å²) in [5, 5.41) is 10.2. The highest BCUT2D eigenvalue weighted by molar-refractivity contribution is 6.28. The molecule has 0 amide bonds. The Morgan fingerprint density at radius 3 is 1.42 bits per heavy atom. The monoisotopic (exact) mass is 545 g/mol. The van der Waals surface area contributed by atoms with Crippen molar-refractivity contribution in [3.05, 3.63) is 164 Å². The van der Waals surface area contributed by atoms with E-state index in [1.807, 2.05) is 0 Å². The number of fused-ring (bicyclic) bond motifs is 7. The highest BCUT2D eigenvalue weighted by Gasteiger charge is 2.21. The Labute approximate surface area is 249 Å². The second kappa shape index (κ2) is 9.44. The lowest BCUT2D eigenvalue weighted by Crippen LogP contribution is -1.95. The van der Waals surface area contributed by atoms with Crippen molar-refractivity contribution in [3.8, 4) is 27.9 Å². The maximum Gasteiger partial charge on any atom is 0.0619 e. The molecular formula is C42H27N. The molecule has 9 aromatic rings. The lowest BCUT2D eigenvalue weighted by atomic mass is 9.84. The van der Waals surface area contributed by atoms with Crippen LogP contribution in [0, 0.1) is 0 Å². The molecule has 0 saturated carbocycles. The van der Waals surface area contributed by atoms with Gasteiger partial charge in [-0.15, -0.1) is 0 Å². The summed E-state index contributed by atoms with van der Waals surface area (Å²) in [4.78, 5) is 0. The molecule has 0 aliphatic heterocycles. The van der Waals surface area contributed by atoms with E-state index in [2.05, 4.69) is 168 Å². The van der Waals surface area contributed by atoms with Crippen LogP contribution in [-0.2, 0) is 0 Å². The van der Waals surface area contributed by atoms with Crippen LogP contribution in [0.1, 0.15) is 0 Å². The first-order valence-corrected chi connectivity index (χ1v) is 14.9. The average Bonchev–Trinajstić information content (AvgIpc) is 3.42. The van der Waals surface area contributed by atoms with Crippen molar-refractivity contribution in [2.24, 2.45) is 0 Å². The highest BCUT2D eigenvalue weighted by Crippen LogP contribution is 2.47. The Kier molecular flexibility index (Phi) is 5.27. The molecule has 0 unspecified atom stereocenters. The predicted octanol–water partition coefficient (Wildman–Crippen LogP) is 11.6. The maximum absolute atomic E-state index is 2.45. The third kappa shape index (κ3) is 3.52. The van der Waals surface area contributed by atoms with Gasteiger partial charge in [-0.2, -0.15) is 0 Å². The molecule has 200 valence electrons. The lowest BCUT2D eigenvalue weighted by molar-refractivity contribution is 1.19. The zero-order valence-electron chi connectivity index (χ0n) is 23.5. The fourth-order valence-corrected chi connectivity index (χ4v) is 7.21. The molecule has 9 rings (SSSR count). The summed E-state index contributed by atoms with van der Waals surface area (Å²) >= 11 is 0. The summed E-state index contributed by atoms with van der Waals surface area (Å²) in [7, 11) is 0. The van der Waals surface area contributed by atoms with Gasteiger partial charge >= 0.3 is 0 Å². The van der Waals surface area contributed by atoms with Gasteiger partial charge in [0, 0.05) is 21.8 Å². The molecule has 1 nitrogen and oxygen atoms in total. The van der Waals surface area contributed by atoms with Crippen molar-refractivity contribution in [2.45, 2.75) is 0 Å². The summed E-state index contributed by atoms with van der Waals surface area (Å²) in [6.45, 7) is 0. The zero-order chi connectivity index (χ0) is 28.3. The summed E-state index contributed by atoms with van der Waals surface area (Å²) in [5.41, 5.74) is 8.75. The Morgan fingerprint density at radius 1 is 0.326 bits per heavy atom. The topological polar surface area (TPSA) is 4.93 Å². The summed E-state index contributed by atoms with van der Waals surface area (Å²) in [6, 6.07) is 59.7. The van der Waals surface area contributed by atoms with Crippen molar-refractivity contribution in [3.63, 3.8) is 0 Å². The summed E-state index contributed by atoms with van der Waals surface area (Å²) in [5.74, 6) is 0. The lowest BCUT2D eigenvalue weighted by Gasteiger charge is -2.19. The minimum Gasteiger partial charge on any atom is -0.309 e. The number of nitrogens with zero attached hydrogens (tertiary/aromatic N) is 1. The fraction of sp³-hybridized carbons (Fsp3) is 0. The molecule has 0 spiro atoms. The first-order valence-electron chi connectivity index (χ1n) is 14.9. The molecule has 0 atom stereocenters. The number of para-hydroxylation sites is 2. The van der Waals surface area contributed by atoms with Gasteiger partial charge in [0.1, 0.15) is 0 Å². The molecule has 0 N–H and O–H groups in total. The van der Waals surface area contributed by atoms with Crippen LogP contribution < -0.4 is 0 Å². The van der Waals surface area contributed by atoms with Crippen LogP contribution in [0.25, 0.3) is 82.1 Å². The van der Waals surface area contributed by atoms with Gasteiger partial charge in [-0.05, 0) is 73.5 Å². The minimum absolute atomic E-state index is 1.18. The number of hydrogen-bond acceptors (Lipinski definition) is 0. The second-order valence-electron chi connectivity index (χ2n) is 11.3. The van der Waals surface area contributed by atoms with Crippen LogP contribution in [0.4, 0.5) is 0 Å². The van der Waals surface area contributed by atoms with E-state index in [1.54, 1.807) is 0 Å². The smallest absolute Gasteiger partial charge is 0.0619 e. The molecule has 0 radical (unpaired) electrons. The third-order valence-corrected chi connectivity index (χ3v) is 8.95. The third-order valence-electron chi connectivity index (χ3n) is 8.95. The normalized spacial score (nSPS) is 11.7. The van der Waals surface area contributed by atoms with E-state index in [1.165, 1.54) is 82.1 Å². The van der Waals surface area contributed by atoms with Gasteiger partial charge in [-0.25, -0.2) is 0 Å². The molecule has 1 heteroatoms. The van der Waals surface area contributed by atoms with Crippen LogP contribution in [0.15, 0.2) is 164 Å². The van der Waals surface area contributed by atoms with E-state index in [4.69, 9.17) is 0 Å². The fourth-order valence-electron chi connectivity index (χ4n) is 7.21. The Bertz CT molecular complexity index is 2430. The molecule has 8 aromatic carbocycles. The standard InChI is InChI=1S/C42H27N/c1-3-15-28(16-4-1)40-32-21-8-10-23-34(32)41(35-24-11-9-22-33(35)40)37-27-38-31-20-13-14-26-39(31)43(29-17-5-2-6-18-29)42(38)36-25-12-7-19-30(36)37/h1-27H. The van der Waals surface area contributed by atoms with Gasteiger partial charge in [-0.3, -0.25) is 0 Å². The quantitative estimate of drug-likeness (QED) is 0.195. The van der Waals surface area contributed by atoms with Gasteiger partial charge in [0.05, 0.1) is 11.0 Å². The highest BCUT2D eigenvalue weighted by atomic mass is 15.0. The van der Waals surface area contributed by atoms with Crippen LogP contribution in [0.5, 0.6) is 0 Å². The van der Waals surface area contributed by atoms with Gasteiger partial charge in [0.25, 0.3) is 0 Å². The van der Waals surface area contributed by atoms with E-state index in [0.29, 0.717) is 0 Å². The van der Waals surface area contributed by atoms with Crippen LogP contribution in [0.2, 0.25) is 0 Å². The van der Waals surface area contributed by atoms with Crippen molar-refractivity contribution in [1.82, 2.24) is 4.57 Å². The molecule has 0 fully saturated rings. The van der Waals surface area contributed by atoms with Crippen molar-refractivity contribution >= 4 is 54.1 Å². The molecule has 0 aliphatic carbocycles. The Balaban J connectivity index is 1.50. The Morgan fingerprint density at radius 2 is 0.791 bits per heavy atom. The zero-order valence-corrected chi connectivity index (χ0v) is 23.5. The van der Waals surface area contributed by atoms with Gasteiger partial charge in [-0.1, -0.05) is 140 Å². The average molecular weight is 546 g/mol. The second-order valence-corrected chi connectivity index (χ2v) is 11.3. The Hall–Kier alpha value is -5.66. The van der Waals surface area contributed by atoms with E-state index in [0.717, 1.165) is 0 Å². The molecule has 0 bridgehead atoms. The minimum atomic E-state index is 1.18. The summed E-state index contributed by atoms with van der Waals surface area (Å²) in [6.07, 6.45) is 0. The van der Waals surface area contributed by atoms with Crippen molar-refractivity contribution in [1.29, 1.82) is 0 Å². The first-order chi connectivity index (χ1) is 21.4. The number of benzene rings is 8. The predicted molar refractivity (Wildman–Crippen MR) is 184 cm³/mol. The SMILES string of the molecule is c1ccc(-c2c3ccccc3c(-c3cc4c5ccccc5n(-c5ccccc5)c4c4ccccc34)c3ccccc23)cc1. The van der Waals surface area contributed by atoms with E-state index in [9.17, 15) is 0 Å². The number of aromatic nitrogens is 1. The molecule has 0 saturated heterocycles. The number of hydrogen-bond donors (Lipinski definition) is 0. The molecule has 0 aliphatic rings. The van der Waals surface area contributed by atoms with E-state index in [-0.39, 0.29) is 0 Å². The molecule has 43 heavy (non-hydrogen) atoms. The molecule has 1 heterocycles. The summed E-state index contributed by atoms with van der Waals surface area (Å²) < 4.78 is 2.44. The first kappa shape index (κ1) is 24.0. The van der Waals surface area contributed by atoms with Gasteiger partial charge in [0.15, 0.2) is 0 Å². The van der Waals surface area contributed by atoms with Gasteiger partial charge < -0.3 is 4.57 Å². The van der Waals surface area contributed by atoms with Crippen LogP contribution >= 0.6 is 0 Å². The largest absolute Gasteiger partial charge is 0.309 e. The van der Waals surface area contributed by atoms with Gasteiger partial charge in [0.2, 0.25) is 0 Å². The van der Waals surface area contributed by atoms with E-state index < -0.39 is 0 Å². The van der Waals surface area contributed by atoms with Crippen molar-refractivity contribution in [2.75, 3.05) is 0 Å².